The number of nitrogens with one attached hydrogen (secondary N) is 4. The molecule has 1 aromatic rings. The van der Waals surface area contributed by atoms with Crippen LogP contribution >= 0.6 is 0 Å². The average Bonchev–Trinajstić information content (AvgIpc) is 3.04. The Hall–Kier alpha value is -4.08. The van der Waals surface area contributed by atoms with Crippen molar-refractivity contribution < 1.29 is 39.0 Å². The van der Waals surface area contributed by atoms with Crippen molar-refractivity contribution in [2.75, 3.05) is 13.1 Å². The van der Waals surface area contributed by atoms with Crippen molar-refractivity contribution in [2.45, 2.75) is 108 Å². The van der Waals surface area contributed by atoms with Crippen LogP contribution in [0.15, 0.2) is 30.3 Å². The number of aliphatic carboxylic acids is 2. The Kier molecular flexibility index (Phi) is 19.6. The molecule has 4 amide bonds. The van der Waals surface area contributed by atoms with Crippen LogP contribution in [0.25, 0.3) is 0 Å². The van der Waals surface area contributed by atoms with E-state index in [-0.39, 0.29) is 25.2 Å². The maximum atomic E-state index is 13.5. The smallest absolute Gasteiger partial charge is 0.326 e. The van der Waals surface area contributed by atoms with E-state index in [9.17, 15) is 39.0 Å². The number of carbonyl (C=O) groups excluding carboxylic acids is 4. The van der Waals surface area contributed by atoms with E-state index in [2.05, 4.69) is 21.3 Å². The zero-order valence-electron chi connectivity index (χ0n) is 27.4. The predicted molar refractivity (Wildman–Crippen MR) is 176 cm³/mol. The van der Waals surface area contributed by atoms with Gasteiger partial charge in [0.2, 0.25) is 23.6 Å². The topological polar surface area (TPSA) is 269 Å². The molecule has 1 rings (SSSR count). The molecule has 0 aliphatic rings. The fraction of sp³-hybridized carbons (Fsp3) is 0.625. The number of unbranched alkanes of at least 4 members (excludes halogenated alkanes) is 2. The van der Waals surface area contributed by atoms with Gasteiger partial charge in [-0.2, -0.15) is 0 Å². The van der Waals surface area contributed by atoms with Crippen molar-refractivity contribution in [3.05, 3.63) is 35.9 Å². The van der Waals surface area contributed by atoms with E-state index >= 15 is 0 Å². The van der Waals surface area contributed by atoms with Crippen LogP contribution in [0.3, 0.4) is 0 Å². The minimum absolute atomic E-state index is 0.00206. The maximum absolute atomic E-state index is 13.5. The zero-order chi connectivity index (χ0) is 35.4. The van der Waals surface area contributed by atoms with Crippen LogP contribution in [0.4, 0.5) is 0 Å². The molecule has 0 aromatic heterocycles. The van der Waals surface area contributed by atoms with E-state index in [0.29, 0.717) is 57.2 Å². The summed E-state index contributed by atoms with van der Waals surface area (Å²) in [5, 5.41) is 29.4. The number of carboxylic acid groups (broad SMARTS) is 2. The first-order valence-corrected chi connectivity index (χ1v) is 16.2. The van der Waals surface area contributed by atoms with Crippen molar-refractivity contribution in [3.63, 3.8) is 0 Å². The second kappa shape index (κ2) is 22.4. The molecule has 6 atom stereocenters. The first kappa shape index (κ1) is 40.9. The molecule has 264 valence electrons. The molecule has 15 heteroatoms. The van der Waals surface area contributed by atoms with Gasteiger partial charge in [-0.3, -0.25) is 24.0 Å². The van der Waals surface area contributed by atoms with Gasteiger partial charge in [0.25, 0.3) is 0 Å². The highest BCUT2D eigenvalue weighted by molar-refractivity contribution is 5.95. The summed E-state index contributed by atoms with van der Waals surface area (Å²) in [5.41, 5.74) is 17.8. The van der Waals surface area contributed by atoms with E-state index in [1.54, 1.807) is 37.3 Å². The van der Waals surface area contributed by atoms with Gasteiger partial charge in [0.15, 0.2) is 0 Å². The molecule has 0 heterocycles. The summed E-state index contributed by atoms with van der Waals surface area (Å²) in [7, 11) is 0. The molecular weight excluding hydrogens is 610 g/mol. The normalized spacial score (nSPS) is 14.8. The third-order valence-corrected chi connectivity index (χ3v) is 7.86. The van der Waals surface area contributed by atoms with Crippen molar-refractivity contribution in [1.29, 1.82) is 0 Å². The summed E-state index contributed by atoms with van der Waals surface area (Å²) in [4.78, 5) is 76.6. The van der Waals surface area contributed by atoms with Gasteiger partial charge in [-0.05, 0) is 63.1 Å². The average molecular weight is 664 g/mol. The van der Waals surface area contributed by atoms with E-state index in [1.807, 2.05) is 6.92 Å². The molecule has 0 unspecified atom stereocenters. The Morgan fingerprint density at radius 3 is 1.77 bits per heavy atom. The Labute approximate surface area is 276 Å². The molecule has 0 bridgehead atoms. The summed E-state index contributed by atoms with van der Waals surface area (Å²) in [6, 6.07) is 2.88. The van der Waals surface area contributed by atoms with Crippen LogP contribution in [-0.4, -0.2) is 89.1 Å². The molecule has 0 aliphatic heterocycles. The van der Waals surface area contributed by atoms with Crippen molar-refractivity contribution >= 4 is 35.6 Å². The van der Waals surface area contributed by atoms with Gasteiger partial charge in [0, 0.05) is 12.8 Å². The number of nitrogens with two attached hydrogens (primary N) is 3. The molecule has 0 saturated heterocycles. The fourth-order valence-corrected chi connectivity index (χ4v) is 4.76. The summed E-state index contributed by atoms with van der Waals surface area (Å²) in [6.07, 6.45) is 2.44. The van der Waals surface area contributed by atoms with Crippen molar-refractivity contribution in [1.82, 2.24) is 21.3 Å². The summed E-state index contributed by atoms with van der Waals surface area (Å²) < 4.78 is 0. The van der Waals surface area contributed by atoms with Gasteiger partial charge in [0.1, 0.15) is 24.2 Å². The lowest BCUT2D eigenvalue weighted by Gasteiger charge is -2.28. The molecule has 0 saturated carbocycles. The van der Waals surface area contributed by atoms with Crippen LogP contribution in [0.5, 0.6) is 0 Å². The number of carbonyl (C=O) groups is 6. The Morgan fingerprint density at radius 1 is 0.702 bits per heavy atom. The lowest BCUT2D eigenvalue weighted by Crippen LogP contribution is -2.59. The van der Waals surface area contributed by atoms with E-state index in [0.717, 1.165) is 0 Å². The van der Waals surface area contributed by atoms with Gasteiger partial charge < -0.3 is 48.7 Å². The number of benzene rings is 1. The number of amides is 4. The number of hydrogen-bond donors (Lipinski definition) is 9. The summed E-state index contributed by atoms with van der Waals surface area (Å²) in [5.74, 6) is -5.71. The maximum Gasteiger partial charge on any atom is 0.326 e. The predicted octanol–water partition coefficient (Wildman–Crippen LogP) is -0.251. The number of carboxylic acids is 2. The molecule has 47 heavy (non-hydrogen) atoms. The largest absolute Gasteiger partial charge is 0.481 e. The highest BCUT2D eigenvalue weighted by Gasteiger charge is 2.33. The van der Waals surface area contributed by atoms with Crippen LogP contribution < -0.4 is 38.5 Å². The molecule has 1 aromatic carbocycles. The monoisotopic (exact) mass is 663 g/mol. The Balaban J connectivity index is 3.17. The minimum atomic E-state index is -1.38. The molecule has 12 N–H and O–H groups in total. The lowest BCUT2D eigenvalue weighted by atomic mass is 9.96. The molecule has 15 nitrogen and oxygen atoms in total. The quantitative estimate of drug-likeness (QED) is 0.0651. The van der Waals surface area contributed by atoms with E-state index in [1.165, 1.54) is 0 Å². The highest BCUT2D eigenvalue weighted by atomic mass is 16.4. The van der Waals surface area contributed by atoms with Gasteiger partial charge >= 0.3 is 11.9 Å². The third-order valence-electron chi connectivity index (χ3n) is 7.86. The second-order valence-corrected chi connectivity index (χ2v) is 11.7. The first-order valence-electron chi connectivity index (χ1n) is 16.2. The standard InChI is InChI=1S/C32H53N7O8/c1-3-20(2)27(39-28(42)22(35)13-7-9-17-33)31(45)37-24(15-16-26(40)41)30(44)36-23(14-8-10-18-34)29(43)38-25(32(46)47)19-21-11-5-4-6-12-21/h4-6,11-12,20,22-25,27H,3,7-10,13-19,33-35H2,1-2H3,(H,36,44)(H,37,45)(H,38,43)(H,39,42)(H,40,41)(H,46,47)/t20-,22-,23-,24-,25-,27-/m0/s1. The second-order valence-electron chi connectivity index (χ2n) is 11.7. The summed E-state index contributed by atoms with van der Waals surface area (Å²) >= 11 is 0. The van der Waals surface area contributed by atoms with Crippen LogP contribution in [0.2, 0.25) is 0 Å². The summed E-state index contributed by atoms with van der Waals surface area (Å²) in [6.45, 7) is 4.34. The van der Waals surface area contributed by atoms with Gasteiger partial charge in [-0.1, -0.05) is 57.0 Å². The SMILES string of the molecule is CC[C@H](C)[C@H](NC(=O)[C@@H](N)CCCCN)C(=O)N[C@@H](CCC(=O)O)C(=O)N[C@@H](CCCCN)C(=O)N[C@@H](Cc1ccccc1)C(=O)O. The van der Waals surface area contributed by atoms with E-state index < -0.39 is 72.2 Å². The molecular formula is C32H53N7O8. The van der Waals surface area contributed by atoms with Gasteiger partial charge in [0.05, 0.1) is 6.04 Å². The molecule has 0 fully saturated rings. The third kappa shape index (κ3) is 15.9. The Morgan fingerprint density at radius 2 is 1.23 bits per heavy atom. The fourth-order valence-electron chi connectivity index (χ4n) is 4.76. The van der Waals surface area contributed by atoms with Crippen LogP contribution in [0, 0.1) is 5.92 Å². The first-order chi connectivity index (χ1) is 22.3. The lowest BCUT2D eigenvalue weighted by molar-refractivity contribution is -0.142. The zero-order valence-corrected chi connectivity index (χ0v) is 27.4. The Bertz CT molecular complexity index is 1150. The van der Waals surface area contributed by atoms with Gasteiger partial charge in [-0.15, -0.1) is 0 Å². The number of hydrogen-bond acceptors (Lipinski definition) is 9. The van der Waals surface area contributed by atoms with Gasteiger partial charge in [-0.25, -0.2) is 4.79 Å². The number of rotatable bonds is 24. The highest BCUT2D eigenvalue weighted by Crippen LogP contribution is 2.12. The minimum Gasteiger partial charge on any atom is -0.481 e. The molecule has 0 radical (unpaired) electrons. The van der Waals surface area contributed by atoms with Crippen LogP contribution in [-0.2, 0) is 35.2 Å². The van der Waals surface area contributed by atoms with E-state index in [4.69, 9.17) is 17.2 Å². The molecule has 0 spiro atoms. The van der Waals surface area contributed by atoms with Crippen LogP contribution in [0.1, 0.15) is 77.2 Å². The van der Waals surface area contributed by atoms with Crippen molar-refractivity contribution in [2.24, 2.45) is 23.1 Å². The molecule has 0 aliphatic carbocycles. The van der Waals surface area contributed by atoms with Crippen molar-refractivity contribution in [3.8, 4) is 0 Å².